The van der Waals surface area contributed by atoms with E-state index in [0.29, 0.717) is 17.8 Å². The van der Waals surface area contributed by atoms with Crippen LogP contribution in [0.4, 0.5) is 0 Å². The number of aromatic nitrogens is 1. The highest BCUT2D eigenvalue weighted by atomic mass is 16.2. The highest BCUT2D eigenvalue weighted by Gasteiger charge is 2.22. The molecule has 4 nitrogen and oxygen atoms in total. The maximum Gasteiger partial charge on any atom is 0.270 e. The van der Waals surface area contributed by atoms with E-state index in [1.165, 1.54) is 6.92 Å². The van der Waals surface area contributed by atoms with Crippen LogP contribution in [0.15, 0.2) is 24.3 Å². The topological polar surface area (TPSA) is 53.2 Å². The van der Waals surface area contributed by atoms with Crippen LogP contribution < -0.4 is 0 Å². The molecule has 1 aromatic carbocycles. The van der Waals surface area contributed by atoms with E-state index in [2.05, 4.69) is 4.98 Å². The van der Waals surface area contributed by atoms with Gasteiger partial charge in [0.15, 0.2) is 5.78 Å². The predicted molar refractivity (Wildman–Crippen MR) is 87.2 cm³/mol. The molecule has 0 radical (unpaired) electrons. The van der Waals surface area contributed by atoms with Gasteiger partial charge in [-0.15, -0.1) is 0 Å². The highest BCUT2D eigenvalue weighted by Crippen LogP contribution is 2.20. The van der Waals surface area contributed by atoms with Crippen LogP contribution >= 0.6 is 0 Å². The van der Waals surface area contributed by atoms with Gasteiger partial charge < -0.3 is 9.88 Å². The Bertz CT molecular complexity index is 729. The third-order valence-electron chi connectivity index (χ3n) is 4.02. The Kier molecular flexibility index (Phi) is 4.50. The van der Waals surface area contributed by atoms with E-state index in [1.807, 2.05) is 45.0 Å². The lowest BCUT2D eigenvalue weighted by molar-refractivity contribution is 0.0779. The highest BCUT2D eigenvalue weighted by molar-refractivity contribution is 6.02. The number of hydrogen-bond donors (Lipinski definition) is 1. The molecular formula is C18H22N2O2. The van der Waals surface area contributed by atoms with Gasteiger partial charge >= 0.3 is 0 Å². The Morgan fingerprint density at radius 1 is 1.14 bits per heavy atom. The first-order valence-corrected chi connectivity index (χ1v) is 7.33. The first-order valence-electron chi connectivity index (χ1n) is 7.33. The van der Waals surface area contributed by atoms with Crippen LogP contribution in [0.5, 0.6) is 0 Å². The first kappa shape index (κ1) is 16.0. The number of Topliss-reactive ketones (excluding diaryl/α,β-unsaturated/α-hetero) is 1. The molecule has 1 aromatic heterocycles. The lowest BCUT2D eigenvalue weighted by Crippen LogP contribution is -2.27. The number of carbonyl (C=O) groups excluding carboxylic acids is 2. The molecule has 2 rings (SSSR count). The molecule has 0 bridgehead atoms. The number of hydrogen-bond acceptors (Lipinski definition) is 2. The molecule has 0 saturated heterocycles. The lowest BCUT2D eigenvalue weighted by Gasteiger charge is -2.18. The molecular weight excluding hydrogens is 276 g/mol. The molecule has 116 valence electrons. The van der Waals surface area contributed by atoms with E-state index in [-0.39, 0.29) is 11.7 Å². The van der Waals surface area contributed by atoms with Crippen molar-refractivity contribution >= 4 is 11.7 Å². The number of amides is 1. The summed E-state index contributed by atoms with van der Waals surface area (Å²) in [6, 6.07) is 8.01. The minimum Gasteiger partial charge on any atom is -0.354 e. The number of nitrogens with one attached hydrogen (secondary N) is 1. The van der Waals surface area contributed by atoms with E-state index in [0.717, 1.165) is 22.4 Å². The van der Waals surface area contributed by atoms with Crippen molar-refractivity contribution in [2.45, 2.75) is 34.2 Å². The fourth-order valence-electron chi connectivity index (χ4n) is 2.80. The van der Waals surface area contributed by atoms with Crippen molar-refractivity contribution in [3.8, 4) is 0 Å². The van der Waals surface area contributed by atoms with Crippen molar-refractivity contribution < 1.29 is 9.59 Å². The zero-order valence-electron chi connectivity index (χ0n) is 13.8. The van der Waals surface area contributed by atoms with E-state index < -0.39 is 0 Å². The largest absolute Gasteiger partial charge is 0.354 e. The Morgan fingerprint density at radius 3 is 2.32 bits per heavy atom. The van der Waals surface area contributed by atoms with Gasteiger partial charge in [-0.3, -0.25) is 9.59 Å². The molecule has 0 saturated carbocycles. The third-order valence-corrected chi connectivity index (χ3v) is 4.02. The second-order valence-corrected chi connectivity index (χ2v) is 5.77. The maximum absolute atomic E-state index is 12.7. The second kappa shape index (κ2) is 6.18. The van der Waals surface area contributed by atoms with Gasteiger partial charge in [-0.05, 0) is 44.4 Å². The minimum atomic E-state index is -0.101. The van der Waals surface area contributed by atoms with E-state index in [4.69, 9.17) is 0 Å². The molecule has 0 unspecified atom stereocenters. The third kappa shape index (κ3) is 2.96. The maximum atomic E-state index is 12.7. The molecule has 0 aliphatic rings. The molecule has 0 atom stereocenters. The molecule has 1 amide bonds. The van der Waals surface area contributed by atoms with Crippen LogP contribution in [-0.2, 0) is 6.54 Å². The Morgan fingerprint density at radius 2 is 1.77 bits per heavy atom. The van der Waals surface area contributed by atoms with Gasteiger partial charge in [0.1, 0.15) is 5.69 Å². The number of benzene rings is 1. The summed E-state index contributed by atoms with van der Waals surface area (Å²) >= 11 is 0. The number of aromatic amines is 1. The SMILES string of the molecule is CC(=O)c1c(C)[nH]c(C(=O)N(C)Cc2ccccc2C)c1C. The summed E-state index contributed by atoms with van der Waals surface area (Å²) in [6.45, 7) is 7.73. The molecule has 0 aliphatic carbocycles. The van der Waals surface area contributed by atoms with Crippen molar-refractivity contribution in [2.24, 2.45) is 0 Å². The zero-order chi connectivity index (χ0) is 16.4. The van der Waals surface area contributed by atoms with Crippen molar-refractivity contribution in [2.75, 3.05) is 7.05 Å². The second-order valence-electron chi connectivity index (χ2n) is 5.77. The summed E-state index contributed by atoms with van der Waals surface area (Å²) in [6.07, 6.45) is 0. The summed E-state index contributed by atoms with van der Waals surface area (Å²) in [5.74, 6) is -0.122. The average Bonchev–Trinajstić information content (AvgIpc) is 2.75. The fourth-order valence-corrected chi connectivity index (χ4v) is 2.80. The van der Waals surface area contributed by atoms with E-state index in [9.17, 15) is 9.59 Å². The summed E-state index contributed by atoms with van der Waals surface area (Å²) in [7, 11) is 1.78. The van der Waals surface area contributed by atoms with Gasteiger partial charge in [0.05, 0.1) is 0 Å². The predicted octanol–water partition coefficient (Wildman–Crippen LogP) is 3.41. The van der Waals surface area contributed by atoms with Gasteiger partial charge in [-0.2, -0.15) is 0 Å². The molecule has 4 heteroatoms. The molecule has 0 fully saturated rings. The molecule has 22 heavy (non-hydrogen) atoms. The number of H-pyrrole nitrogens is 1. The number of ketones is 1. The van der Waals surface area contributed by atoms with Gasteiger partial charge in [0.25, 0.3) is 5.91 Å². The molecule has 1 N–H and O–H groups in total. The lowest BCUT2D eigenvalue weighted by atomic mass is 10.1. The van der Waals surface area contributed by atoms with E-state index in [1.54, 1.807) is 11.9 Å². The van der Waals surface area contributed by atoms with Crippen LogP contribution in [0.2, 0.25) is 0 Å². The first-order chi connectivity index (χ1) is 10.3. The summed E-state index contributed by atoms with van der Waals surface area (Å²) in [5, 5.41) is 0. The van der Waals surface area contributed by atoms with E-state index >= 15 is 0 Å². The smallest absolute Gasteiger partial charge is 0.270 e. The van der Waals surface area contributed by atoms with Crippen LogP contribution in [0.1, 0.15) is 50.2 Å². The molecule has 2 aromatic rings. The van der Waals surface area contributed by atoms with Crippen molar-refractivity contribution in [3.05, 3.63) is 57.9 Å². The Balaban J connectivity index is 2.27. The van der Waals surface area contributed by atoms with Crippen LogP contribution in [0, 0.1) is 20.8 Å². The Labute approximate surface area is 131 Å². The van der Waals surface area contributed by atoms with Crippen LogP contribution in [-0.4, -0.2) is 28.6 Å². The summed E-state index contributed by atoms with van der Waals surface area (Å²) in [5.41, 5.74) is 4.87. The van der Waals surface area contributed by atoms with Gasteiger partial charge in [-0.1, -0.05) is 24.3 Å². The van der Waals surface area contributed by atoms with Crippen molar-refractivity contribution in [1.82, 2.24) is 9.88 Å². The minimum absolute atomic E-state index is 0.0214. The van der Waals surface area contributed by atoms with Gasteiger partial charge in [0, 0.05) is 24.8 Å². The van der Waals surface area contributed by atoms with Crippen LogP contribution in [0.3, 0.4) is 0 Å². The summed E-state index contributed by atoms with van der Waals surface area (Å²) in [4.78, 5) is 29.1. The standard InChI is InChI=1S/C18H22N2O2/c1-11-8-6-7-9-15(11)10-20(5)18(22)17-12(2)16(14(4)21)13(3)19-17/h6-9,19H,10H2,1-5H3. The summed E-state index contributed by atoms with van der Waals surface area (Å²) < 4.78 is 0. The number of nitrogens with zero attached hydrogens (tertiary/aromatic N) is 1. The fraction of sp³-hybridized carbons (Fsp3) is 0.333. The van der Waals surface area contributed by atoms with Gasteiger partial charge in [0.2, 0.25) is 0 Å². The average molecular weight is 298 g/mol. The van der Waals surface area contributed by atoms with Crippen molar-refractivity contribution in [1.29, 1.82) is 0 Å². The number of carbonyl (C=O) groups is 2. The van der Waals surface area contributed by atoms with Gasteiger partial charge in [-0.25, -0.2) is 0 Å². The quantitative estimate of drug-likeness (QED) is 0.879. The molecule has 1 heterocycles. The van der Waals surface area contributed by atoms with Crippen molar-refractivity contribution in [3.63, 3.8) is 0 Å². The molecule has 0 aliphatic heterocycles. The Hall–Kier alpha value is -2.36. The zero-order valence-corrected chi connectivity index (χ0v) is 13.8. The monoisotopic (exact) mass is 298 g/mol. The van der Waals surface area contributed by atoms with Crippen LogP contribution in [0.25, 0.3) is 0 Å². The number of rotatable bonds is 4. The number of aryl methyl sites for hydroxylation is 2. The normalized spacial score (nSPS) is 10.6. The molecule has 0 spiro atoms.